The number of rotatable bonds is 7. The Kier molecular flexibility index (Phi) is 6.91. The molecule has 1 N–H and O–H groups in total. The zero-order valence-corrected chi connectivity index (χ0v) is 17.4. The number of hydrogen-bond acceptors (Lipinski definition) is 3. The first-order valence-electron chi connectivity index (χ1n) is 10.3. The van der Waals surface area contributed by atoms with Gasteiger partial charge in [-0.15, -0.1) is 0 Å². The van der Waals surface area contributed by atoms with Gasteiger partial charge in [0.2, 0.25) is 11.8 Å². The molecule has 0 saturated carbocycles. The van der Waals surface area contributed by atoms with Crippen LogP contribution in [0.1, 0.15) is 49.8 Å². The largest absolute Gasteiger partial charge is 0.497 e. The van der Waals surface area contributed by atoms with Crippen molar-refractivity contribution in [1.29, 1.82) is 0 Å². The lowest BCUT2D eigenvalue weighted by atomic mass is 9.87. The normalized spacial score (nSPS) is 15.8. The average Bonchev–Trinajstić information content (AvgIpc) is 3.27. The van der Waals surface area contributed by atoms with Crippen LogP contribution < -0.4 is 10.1 Å². The smallest absolute Gasteiger partial charge is 0.249 e. The molecular formula is C24H30N2O3. The molecule has 29 heavy (non-hydrogen) atoms. The highest BCUT2D eigenvalue weighted by Crippen LogP contribution is 2.28. The Balaban J connectivity index is 1.85. The zero-order chi connectivity index (χ0) is 20.8. The van der Waals surface area contributed by atoms with Crippen LogP contribution in [-0.2, 0) is 9.59 Å². The number of amides is 2. The van der Waals surface area contributed by atoms with E-state index >= 15 is 0 Å². The van der Waals surface area contributed by atoms with E-state index in [1.165, 1.54) is 0 Å². The summed E-state index contributed by atoms with van der Waals surface area (Å²) in [5, 5.41) is 3.06. The van der Waals surface area contributed by atoms with E-state index in [1.54, 1.807) is 7.11 Å². The zero-order valence-electron chi connectivity index (χ0n) is 17.4. The summed E-state index contributed by atoms with van der Waals surface area (Å²) in [6, 6.07) is 16.4. The molecular weight excluding hydrogens is 364 g/mol. The first-order valence-corrected chi connectivity index (χ1v) is 10.3. The summed E-state index contributed by atoms with van der Waals surface area (Å²) in [6.07, 6.45) is 2.03. The molecule has 5 heteroatoms. The van der Waals surface area contributed by atoms with Gasteiger partial charge >= 0.3 is 0 Å². The van der Waals surface area contributed by atoms with E-state index in [0.717, 1.165) is 42.8 Å². The number of methoxy groups -OCH3 is 1. The van der Waals surface area contributed by atoms with Crippen LogP contribution in [0, 0.1) is 5.92 Å². The van der Waals surface area contributed by atoms with Crippen molar-refractivity contribution in [2.24, 2.45) is 5.92 Å². The fourth-order valence-corrected chi connectivity index (χ4v) is 3.94. The molecule has 5 nitrogen and oxygen atoms in total. The Bertz CT molecular complexity index is 812. The van der Waals surface area contributed by atoms with Gasteiger partial charge in [-0.3, -0.25) is 9.59 Å². The van der Waals surface area contributed by atoms with Crippen molar-refractivity contribution in [2.45, 2.75) is 38.6 Å². The fraction of sp³-hybridized carbons (Fsp3) is 0.417. The highest BCUT2D eigenvalue weighted by Gasteiger charge is 2.32. The van der Waals surface area contributed by atoms with Crippen LogP contribution in [0.3, 0.4) is 0 Å². The molecule has 1 saturated heterocycles. The van der Waals surface area contributed by atoms with Gasteiger partial charge in [0, 0.05) is 13.1 Å². The van der Waals surface area contributed by atoms with E-state index in [9.17, 15) is 9.59 Å². The van der Waals surface area contributed by atoms with Crippen molar-refractivity contribution in [3.63, 3.8) is 0 Å². The van der Waals surface area contributed by atoms with E-state index in [0.29, 0.717) is 0 Å². The molecule has 1 fully saturated rings. The number of nitrogens with one attached hydrogen (secondary N) is 1. The number of benzene rings is 2. The molecule has 2 atom stereocenters. The quantitative estimate of drug-likeness (QED) is 0.774. The molecule has 1 aliphatic rings. The topological polar surface area (TPSA) is 58.6 Å². The lowest BCUT2D eigenvalue weighted by molar-refractivity contribution is -0.136. The maximum absolute atomic E-state index is 13.3. The summed E-state index contributed by atoms with van der Waals surface area (Å²) in [4.78, 5) is 28.4. The van der Waals surface area contributed by atoms with Gasteiger partial charge in [-0.25, -0.2) is 0 Å². The summed E-state index contributed by atoms with van der Waals surface area (Å²) in [5.74, 6) is 0.328. The Morgan fingerprint density at radius 2 is 1.55 bits per heavy atom. The van der Waals surface area contributed by atoms with E-state index in [4.69, 9.17) is 4.74 Å². The highest BCUT2D eigenvalue weighted by molar-refractivity contribution is 5.91. The van der Waals surface area contributed by atoms with Gasteiger partial charge in [0.05, 0.1) is 13.0 Å². The van der Waals surface area contributed by atoms with E-state index in [-0.39, 0.29) is 23.7 Å². The van der Waals surface area contributed by atoms with Crippen LogP contribution in [0.4, 0.5) is 0 Å². The number of carbonyl (C=O) groups is 2. The van der Waals surface area contributed by atoms with Crippen LogP contribution in [0.15, 0.2) is 54.6 Å². The third-order valence-corrected chi connectivity index (χ3v) is 5.51. The Morgan fingerprint density at radius 3 is 2.10 bits per heavy atom. The summed E-state index contributed by atoms with van der Waals surface area (Å²) in [7, 11) is 1.62. The molecule has 0 bridgehead atoms. The number of carbonyl (C=O) groups excluding carboxylic acids is 2. The predicted octanol–water partition coefficient (Wildman–Crippen LogP) is 3.91. The third-order valence-electron chi connectivity index (χ3n) is 5.51. The van der Waals surface area contributed by atoms with E-state index in [1.807, 2.05) is 73.3 Å². The SMILES string of the molecule is COc1ccc(C(C(=O)N[C@@H](C(=O)N2CCCC2)c2ccccc2)C(C)C)cc1. The first-order chi connectivity index (χ1) is 14.0. The molecule has 1 unspecified atom stereocenters. The van der Waals surface area contributed by atoms with Gasteiger partial charge in [-0.2, -0.15) is 0 Å². The van der Waals surface area contributed by atoms with Gasteiger partial charge in [0.1, 0.15) is 11.8 Å². The lowest BCUT2D eigenvalue weighted by Crippen LogP contribution is -2.44. The molecule has 1 aliphatic heterocycles. The molecule has 2 aromatic carbocycles. The number of nitrogens with zero attached hydrogens (tertiary/aromatic N) is 1. The molecule has 0 aliphatic carbocycles. The summed E-state index contributed by atoms with van der Waals surface area (Å²) in [5.41, 5.74) is 1.73. The molecule has 1 heterocycles. The van der Waals surface area contributed by atoms with Gasteiger partial charge in [-0.1, -0.05) is 56.3 Å². The van der Waals surface area contributed by atoms with Crippen molar-refractivity contribution >= 4 is 11.8 Å². The second-order valence-corrected chi connectivity index (χ2v) is 7.88. The molecule has 0 radical (unpaired) electrons. The van der Waals surface area contributed by atoms with Crippen molar-refractivity contribution in [1.82, 2.24) is 10.2 Å². The second kappa shape index (κ2) is 9.59. The third kappa shape index (κ3) is 4.97. The van der Waals surface area contributed by atoms with Crippen LogP contribution in [0.25, 0.3) is 0 Å². The van der Waals surface area contributed by atoms with Crippen molar-refractivity contribution in [2.75, 3.05) is 20.2 Å². The second-order valence-electron chi connectivity index (χ2n) is 7.88. The molecule has 2 aromatic rings. The molecule has 3 rings (SSSR count). The van der Waals surface area contributed by atoms with Crippen LogP contribution >= 0.6 is 0 Å². The minimum absolute atomic E-state index is 0.0284. The Labute approximate surface area is 173 Å². The summed E-state index contributed by atoms with van der Waals surface area (Å²) in [6.45, 7) is 5.55. The Morgan fingerprint density at radius 1 is 0.931 bits per heavy atom. The van der Waals surface area contributed by atoms with Gasteiger partial charge < -0.3 is 15.0 Å². The van der Waals surface area contributed by atoms with E-state index in [2.05, 4.69) is 5.32 Å². The Hall–Kier alpha value is -2.82. The number of likely N-dealkylation sites (tertiary alicyclic amines) is 1. The standard InChI is InChI=1S/C24H30N2O3/c1-17(2)21(18-11-13-20(29-3)14-12-18)23(27)25-22(19-9-5-4-6-10-19)24(28)26-15-7-8-16-26/h4-6,9-14,17,21-22H,7-8,15-16H2,1-3H3,(H,25,27)/t21?,22-/m1/s1. The first kappa shape index (κ1) is 20.9. The van der Waals surface area contributed by atoms with Gasteiger partial charge in [-0.05, 0) is 42.0 Å². The van der Waals surface area contributed by atoms with Crippen LogP contribution in [-0.4, -0.2) is 36.9 Å². The van der Waals surface area contributed by atoms with Crippen LogP contribution in [0.5, 0.6) is 5.75 Å². The maximum atomic E-state index is 13.3. The number of ether oxygens (including phenoxy) is 1. The maximum Gasteiger partial charge on any atom is 0.249 e. The summed E-state index contributed by atoms with van der Waals surface area (Å²) >= 11 is 0. The monoisotopic (exact) mass is 394 g/mol. The van der Waals surface area contributed by atoms with E-state index < -0.39 is 6.04 Å². The average molecular weight is 395 g/mol. The molecule has 154 valence electrons. The molecule has 2 amide bonds. The van der Waals surface area contributed by atoms with Crippen LogP contribution in [0.2, 0.25) is 0 Å². The fourth-order valence-electron chi connectivity index (χ4n) is 3.94. The lowest BCUT2D eigenvalue weighted by Gasteiger charge is -2.28. The minimum Gasteiger partial charge on any atom is -0.497 e. The van der Waals surface area contributed by atoms with Crippen molar-refractivity contribution in [3.05, 3.63) is 65.7 Å². The molecule has 0 spiro atoms. The van der Waals surface area contributed by atoms with Gasteiger partial charge in [0.15, 0.2) is 0 Å². The molecule has 0 aromatic heterocycles. The minimum atomic E-state index is -0.665. The van der Waals surface area contributed by atoms with Crippen molar-refractivity contribution in [3.8, 4) is 5.75 Å². The van der Waals surface area contributed by atoms with Crippen molar-refractivity contribution < 1.29 is 14.3 Å². The highest BCUT2D eigenvalue weighted by atomic mass is 16.5. The number of hydrogen-bond donors (Lipinski definition) is 1. The summed E-state index contributed by atoms with van der Waals surface area (Å²) < 4.78 is 5.23. The van der Waals surface area contributed by atoms with Gasteiger partial charge in [0.25, 0.3) is 0 Å². The predicted molar refractivity (Wildman–Crippen MR) is 114 cm³/mol.